The summed E-state index contributed by atoms with van der Waals surface area (Å²) in [6.07, 6.45) is 3.34. The van der Waals surface area contributed by atoms with Gasteiger partial charge in [-0.3, -0.25) is 4.18 Å². The van der Waals surface area contributed by atoms with Gasteiger partial charge in [0, 0.05) is 17.3 Å². The number of aromatic nitrogens is 1. The number of nitriles is 1. The predicted octanol–water partition coefficient (Wildman–Crippen LogP) is 2.27. The Labute approximate surface area is 129 Å². The van der Waals surface area contributed by atoms with Crippen LogP contribution in [0, 0.1) is 11.3 Å². The number of benzene rings is 1. The summed E-state index contributed by atoms with van der Waals surface area (Å²) in [5.74, 6) is 0. The van der Waals surface area contributed by atoms with E-state index in [1.807, 2.05) is 31.2 Å². The molecule has 1 atom stereocenters. The fourth-order valence-electron chi connectivity index (χ4n) is 2.06. The molecule has 0 spiro atoms. The minimum atomic E-state index is -3.45. The molecule has 1 heterocycles. The lowest BCUT2D eigenvalue weighted by Gasteiger charge is -2.18. The Bertz CT molecular complexity index is 812. The molecular weight excluding hydrogens is 302 g/mol. The van der Waals surface area contributed by atoms with Crippen LogP contribution in [0.4, 0.5) is 5.69 Å². The van der Waals surface area contributed by atoms with E-state index in [2.05, 4.69) is 16.4 Å². The zero-order valence-corrected chi connectivity index (χ0v) is 13.2. The van der Waals surface area contributed by atoms with Gasteiger partial charge in [-0.15, -0.1) is 0 Å². The van der Waals surface area contributed by atoms with Gasteiger partial charge in [-0.1, -0.05) is 6.92 Å². The van der Waals surface area contributed by atoms with E-state index in [4.69, 9.17) is 9.44 Å². The molecule has 0 saturated carbocycles. The average molecular weight is 319 g/mol. The standard InChI is InChI=1S/C15H17N3O3S/c1-3-12(10-21-22(2,19)20)18-13-4-5-14-11(8-13)6-7-17-15(14)9-16/h4-8,12,18H,3,10H2,1-2H3/t12-/m1/s1. The lowest BCUT2D eigenvalue weighted by Crippen LogP contribution is -2.26. The molecule has 116 valence electrons. The molecule has 2 rings (SSSR count). The zero-order valence-electron chi connectivity index (χ0n) is 12.4. The van der Waals surface area contributed by atoms with Gasteiger partial charge in [0.15, 0.2) is 0 Å². The van der Waals surface area contributed by atoms with Crippen molar-refractivity contribution in [1.82, 2.24) is 4.98 Å². The summed E-state index contributed by atoms with van der Waals surface area (Å²) in [4.78, 5) is 4.02. The second kappa shape index (κ2) is 6.73. The highest BCUT2D eigenvalue weighted by Crippen LogP contribution is 2.21. The van der Waals surface area contributed by atoms with Crippen LogP contribution in [0.5, 0.6) is 0 Å². The van der Waals surface area contributed by atoms with Crippen molar-refractivity contribution >= 4 is 26.6 Å². The zero-order chi connectivity index (χ0) is 16.2. The number of pyridine rings is 1. The summed E-state index contributed by atoms with van der Waals surface area (Å²) < 4.78 is 27.0. The second-order valence-electron chi connectivity index (χ2n) is 4.95. The van der Waals surface area contributed by atoms with Gasteiger partial charge in [0.2, 0.25) is 0 Å². The van der Waals surface area contributed by atoms with Gasteiger partial charge in [-0.2, -0.15) is 13.7 Å². The van der Waals surface area contributed by atoms with E-state index in [1.54, 1.807) is 6.20 Å². The molecule has 7 heteroatoms. The summed E-state index contributed by atoms with van der Waals surface area (Å²) in [7, 11) is -3.45. The molecule has 0 aliphatic heterocycles. The molecule has 0 saturated heterocycles. The first kappa shape index (κ1) is 16.2. The Hall–Kier alpha value is -2.17. The van der Waals surface area contributed by atoms with E-state index < -0.39 is 10.1 Å². The lowest BCUT2D eigenvalue weighted by atomic mass is 10.1. The third kappa shape index (κ3) is 4.16. The maximum absolute atomic E-state index is 11.1. The first-order valence-electron chi connectivity index (χ1n) is 6.82. The van der Waals surface area contributed by atoms with E-state index >= 15 is 0 Å². The summed E-state index contributed by atoms with van der Waals surface area (Å²) in [5.41, 5.74) is 1.23. The van der Waals surface area contributed by atoms with Crippen molar-refractivity contribution in [3.63, 3.8) is 0 Å². The van der Waals surface area contributed by atoms with Crippen molar-refractivity contribution in [3.05, 3.63) is 36.2 Å². The minimum absolute atomic E-state index is 0.0765. The average Bonchev–Trinajstić information content (AvgIpc) is 2.49. The third-order valence-corrected chi connectivity index (χ3v) is 3.78. The van der Waals surface area contributed by atoms with Gasteiger partial charge in [0.1, 0.15) is 11.8 Å². The molecule has 0 aliphatic rings. The van der Waals surface area contributed by atoms with Gasteiger partial charge in [-0.25, -0.2) is 4.98 Å². The Morgan fingerprint density at radius 2 is 2.18 bits per heavy atom. The van der Waals surface area contributed by atoms with E-state index in [0.717, 1.165) is 22.7 Å². The van der Waals surface area contributed by atoms with Crippen molar-refractivity contribution in [1.29, 1.82) is 5.26 Å². The normalized spacial score (nSPS) is 12.8. The maximum atomic E-state index is 11.1. The first-order chi connectivity index (χ1) is 10.4. The third-order valence-electron chi connectivity index (χ3n) is 3.22. The molecular formula is C15H17N3O3S. The molecule has 2 aromatic rings. The highest BCUT2D eigenvalue weighted by atomic mass is 32.2. The van der Waals surface area contributed by atoms with Crippen LogP contribution >= 0.6 is 0 Å². The summed E-state index contributed by atoms with van der Waals surface area (Å²) in [6, 6.07) is 9.34. The number of nitrogens with one attached hydrogen (secondary N) is 1. The second-order valence-corrected chi connectivity index (χ2v) is 6.59. The van der Waals surface area contributed by atoms with E-state index in [1.165, 1.54) is 0 Å². The van der Waals surface area contributed by atoms with Crippen LogP contribution in [0.3, 0.4) is 0 Å². The van der Waals surface area contributed by atoms with Crippen LogP contribution in [-0.2, 0) is 14.3 Å². The van der Waals surface area contributed by atoms with E-state index in [0.29, 0.717) is 12.1 Å². The Morgan fingerprint density at radius 3 is 2.82 bits per heavy atom. The van der Waals surface area contributed by atoms with Crippen molar-refractivity contribution < 1.29 is 12.6 Å². The van der Waals surface area contributed by atoms with Crippen molar-refractivity contribution in [2.24, 2.45) is 0 Å². The molecule has 0 amide bonds. The number of hydrogen-bond donors (Lipinski definition) is 1. The topological polar surface area (TPSA) is 92.1 Å². The van der Waals surface area contributed by atoms with Crippen molar-refractivity contribution in [2.45, 2.75) is 19.4 Å². The van der Waals surface area contributed by atoms with E-state index in [9.17, 15) is 8.42 Å². The fourth-order valence-corrected chi connectivity index (χ4v) is 2.47. The van der Waals surface area contributed by atoms with Crippen LogP contribution in [0.1, 0.15) is 19.0 Å². The molecule has 0 fully saturated rings. The SMILES string of the molecule is CC[C@H](COS(C)(=O)=O)Nc1ccc2c(C#N)nccc2c1. The summed E-state index contributed by atoms with van der Waals surface area (Å²) >= 11 is 0. The molecule has 6 nitrogen and oxygen atoms in total. The summed E-state index contributed by atoms with van der Waals surface area (Å²) in [6.45, 7) is 2.02. The fraction of sp³-hybridized carbons (Fsp3) is 0.333. The largest absolute Gasteiger partial charge is 0.380 e. The minimum Gasteiger partial charge on any atom is -0.380 e. The lowest BCUT2D eigenvalue weighted by molar-refractivity contribution is 0.300. The van der Waals surface area contributed by atoms with Gasteiger partial charge in [0.05, 0.1) is 18.9 Å². The monoisotopic (exact) mass is 319 g/mol. The highest BCUT2D eigenvalue weighted by Gasteiger charge is 2.11. The molecule has 1 N–H and O–H groups in total. The van der Waals surface area contributed by atoms with Gasteiger partial charge < -0.3 is 5.32 Å². The number of fused-ring (bicyclic) bond motifs is 1. The maximum Gasteiger partial charge on any atom is 0.264 e. The van der Waals surface area contributed by atoms with Crippen LogP contribution in [-0.4, -0.2) is 32.3 Å². The first-order valence-corrected chi connectivity index (χ1v) is 8.64. The molecule has 0 aliphatic carbocycles. The molecule has 0 unspecified atom stereocenters. The quantitative estimate of drug-likeness (QED) is 0.821. The molecule has 0 radical (unpaired) electrons. The van der Waals surface area contributed by atoms with Crippen LogP contribution in [0.25, 0.3) is 10.8 Å². The Morgan fingerprint density at radius 1 is 1.41 bits per heavy atom. The van der Waals surface area contributed by atoms with Gasteiger partial charge >= 0.3 is 0 Å². The molecule has 0 bridgehead atoms. The predicted molar refractivity (Wildman–Crippen MR) is 85.0 cm³/mol. The molecule has 22 heavy (non-hydrogen) atoms. The van der Waals surface area contributed by atoms with Crippen LogP contribution in [0.15, 0.2) is 30.5 Å². The van der Waals surface area contributed by atoms with E-state index in [-0.39, 0.29) is 12.6 Å². The van der Waals surface area contributed by atoms with Crippen molar-refractivity contribution in [2.75, 3.05) is 18.2 Å². The van der Waals surface area contributed by atoms with Gasteiger partial charge in [-0.05, 0) is 36.1 Å². The summed E-state index contributed by atoms with van der Waals surface area (Å²) in [5, 5.41) is 14.0. The number of nitrogens with zero attached hydrogens (tertiary/aromatic N) is 2. The Kier molecular flexibility index (Phi) is 4.96. The number of rotatable bonds is 6. The smallest absolute Gasteiger partial charge is 0.264 e. The van der Waals surface area contributed by atoms with Gasteiger partial charge in [0.25, 0.3) is 10.1 Å². The highest BCUT2D eigenvalue weighted by molar-refractivity contribution is 7.85. The van der Waals surface area contributed by atoms with Crippen molar-refractivity contribution in [3.8, 4) is 6.07 Å². The number of hydrogen-bond acceptors (Lipinski definition) is 6. The molecule has 1 aromatic carbocycles. The van der Waals surface area contributed by atoms with Crippen LogP contribution < -0.4 is 5.32 Å². The molecule has 1 aromatic heterocycles. The van der Waals surface area contributed by atoms with Crippen LogP contribution in [0.2, 0.25) is 0 Å². The Balaban J connectivity index is 2.19. The number of anilines is 1.